The number of rotatable bonds is 3. The number of hydrogen-bond acceptors (Lipinski definition) is 3. The van der Waals surface area contributed by atoms with Crippen molar-refractivity contribution in [2.24, 2.45) is 11.8 Å². The standard InChI is InChI=1S/C12H24N2S/c1-8(2)11-12(9(3)4)14(10(5)6)15-13(11)7/h8-10H,1-7H3. The molecule has 0 saturated heterocycles. The maximum Gasteiger partial charge on any atom is 0.0709 e. The van der Waals surface area contributed by atoms with Gasteiger partial charge in [0.1, 0.15) is 0 Å². The van der Waals surface area contributed by atoms with Crippen molar-refractivity contribution >= 4 is 12.1 Å². The Morgan fingerprint density at radius 1 is 0.867 bits per heavy atom. The molecule has 0 fully saturated rings. The molecule has 1 heterocycles. The van der Waals surface area contributed by atoms with Gasteiger partial charge in [-0.25, -0.2) is 0 Å². The predicted molar refractivity (Wildman–Crippen MR) is 69.0 cm³/mol. The van der Waals surface area contributed by atoms with E-state index in [9.17, 15) is 0 Å². The van der Waals surface area contributed by atoms with Crippen molar-refractivity contribution in [3.05, 3.63) is 11.4 Å². The van der Waals surface area contributed by atoms with Crippen LogP contribution >= 0.6 is 12.1 Å². The average Bonchev–Trinajstić information content (AvgIpc) is 2.42. The minimum absolute atomic E-state index is 0.561. The van der Waals surface area contributed by atoms with E-state index in [1.807, 2.05) is 12.1 Å². The van der Waals surface area contributed by atoms with E-state index in [4.69, 9.17) is 0 Å². The highest BCUT2D eigenvalue weighted by Crippen LogP contribution is 2.42. The summed E-state index contributed by atoms with van der Waals surface area (Å²) in [6.07, 6.45) is 0. The van der Waals surface area contributed by atoms with Crippen LogP contribution in [0.25, 0.3) is 0 Å². The quantitative estimate of drug-likeness (QED) is 0.680. The zero-order valence-electron chi connectivity index (χ0n) is 11.0. The normalized spacial score (nSPS) is 18.0. The van der Waals surface area contributed by atoms with Gasteiger partial charge >= 0.3 is 0 Å². The van der Waals surface area contributed by atoms with Crippen molar-refractivity contribution < 1.29 is 0 Å². The van der Waals surface area contributed by atoms with E-state index >= 15 is 0 Å². The first-order valence-corrected chi connectivity index (χ1v) is 6.54. The highest BCUT2D eigenvalue weighted by atomic mass is 32.2. The monoisotopic (exact) mass is 228 g/mol. The van der Waals surface area contributed by atoms with Crippen LogP contribution in [0, 0.1) is 11.8 Å². The third-order valence-electron chi connectivity index (χ3n) is 2.61. The zero-order valence-corrected chi connectivity index (χ0v) is 11.9. The van der Waals surface area contributed by atoms with E-state index in [1.54, 1.807) is 0 Å². The third kappa shape index (κ3) is 2.44. The summed E-state index contributed by atoms with van der Waals surface area (Å²) in [7, 11) is 2.17. The Morgan fingerprint density at radius 2 is 1.33 bits per heavy atom. The van der Waals surface area contributed by atoms with Gasteiger partial charge in [0, 0.05) is 24.5 Å². The summed E-state index contributed by atoms with van der Waals surface area (Å²) in [6.45, 7) is 13.6. The van der Waals surface area contributed by atoms with Crippen LogP contribution in [0.3, 0.4) is 0 Å². The van der Waals surface area contributed by atoms with Crippen molar-refractivity contribution in [1.29, 1.82) is 0 Å². The van der Waals surface area contributed by atoms with Gasteiger partial charge in [-0.1, -0.05) is 27.7 Å². The summed E-state index contributed by atoms with van der Waals surface area (Å²) in [5, 5.41) is 0. The minimum Gasteiger partial charge on any atom is -0.303 e. The molecule has 1 aliphatic heterocycles. The van der Waals surface area contributed by atoms with Gasteiger partial charge in [0.25, 0.3) is 0 Å². The van der Waals surface area contributed by atoms with E-state index in [0.717, 1.165) is 0 Å². The smallest absolute Gasteiger partial charge is 0.0709 e. The first-order chi connectivity index (χ1) is 6.86. The van der Waals surface area contributed by atoms with Gasteiger partial charge in [-0.05, 0) is 25.7 Å². The van der Waals surface area contributed by atoms with Gasteiger partial charge in [-0.15, -0.1) is 0 Å². The second kappa shape index (κ2) is 4.69. The van der Waals surface area contributed by atoms with Crippen molar-refractivity contribution in [1.82, 2.24) is 8.61 Å². The molecule has 0 radical (unpaired) electrons. The third-order valence-corrected chi connectivity index (χ3v) is 3.85. The Balaban J connectivity index is 3.10. The molecule has 0 aromatic heterocycles. The van der Waals surface area contributed by atoms with E-state index in [1.165, 1.54) is 11.4 Å². The molecule has 0 saturated carbocycles. The molecule has 0 spiro atoms. The lowest BCUT2D eigenvalue weighted by Gasteiger charge is -2.26. The van der Waals surface area contributed by atoms with Crippen LogP contribution in [0.1, 0.15) is 41.5 Å². The van der Waals surface area contributed by atoms with Gasteiger partial charge in [-0.2, -0.15) is 0 Å². The number of hydrogen-bond donors (Lipinski definition) is 0. The summed E-state index contributed by atoms with van der Waals surface area (Å²) in [5.74, 6) is 1.20. The van der Waals surface area contributed by atoms with Crippen molar-refractivity contribution in [3.63, 3.8) is 0 Å². The average molecular weight is 228 g/mol. The molecule has 0 amide bonds. The van der Waals surface area contributed by atoms with Crippen LogP contribution in [0.2, 0.25) is 0 Å². The van der Waals surface area contributed by atoms with Crippen LogP contribution in [0.5, 0.6) is 0 Å². The molecule has 0 atom stereocenters. The van der Waals surface area contributed by atoms with Gasteiger partial charge in [0.15, 0.2) is 0 Å². The SMILES string of the molecule is CC(C)C1=C(C(C)C)N(C(C)C)SN1C. The van der Waals surface area contributed by atoms with Crippen molar-refractivity contribution in [3.8, 4) is 0 Å². The van der Waals surface area contributed by atoms with E-state index in [2.05, 4.69) is 57.2 Å². The first kappa shape index (κ1) is 12.8. The van der Waals surface area contributed by atoms with Crippen LogP contribution in [-0.2, 0) is 0 Å². The van der Waals surface area contributed by atoms with Gasteiger partial charge in [-0.3, -0.25) is 4.31 Å². The Hall–Kier alpha value is -0.310. The fourth-order valence-corrected chi connectivity index (χ4v) is 3.31. The van der Waals surface area contributed by atoms with E-state index in [0.29, 0.717) is 17.9 Å². The lowest BCUT2D eigenvalue weighted by Crippen LogP contribution is -2.23. The summed E-state index contributed by atoms with van der Waals surface area (Å²) >= 11 is 1.84. The zero-order chi connectivity index (χ0) is 11.7. The molecule has 0 aromatic rings. The molecule has 2 nitrogen and oxygen atoms in total. The molecule has 0 aliphatic carbocycles. The highest BCUT2D eigenvalue weighted by molar-refractivity contribution is 7.95. The Morgan fingerprint density at radius 3 is 1.67 bits per heavy atom. The largest absolute Gasteiger partial charge is 0.303 e. The highest BCUT2D eigenvalue weighted by Gasteiger charge is 2.32. The molecule has 88 valence electrons. The summed E-state index contributed by atoms with van der Waals surface area (Å²) in [6, 6.07) is 0.561. The van der Waals surface area contributed by atoms with E-state index < -0.39 is 0 Å². The second-order valence-electron chi connectivity index (χ2n) is 5.08. The molecule has 1 aliphatic rings. The Labute approximate surface area is 99.0 Å². The fraction of sp³-hybridized carbons (Fsp3) is 0.833. The second-order valence-corrected chi connectivity index (χ2v) is 6.18. The molecule has 0 bridgehead atoms. The van der Waals surface area contributed by atoms with E-state index in [-0.39, 0.29) is 0 Å². The maximum atomic E-state index is 2.44. The summed E-state index contributed by atoms with van der Waals surface area (Å²) in [5.41, 5.74) is 3.00. The molecule has 0 unspecified atom stereocenters. The number of nitrogens with zero attached hydrogens (tertiary/aromatic N) is 2. The first-order valence-electron chi connectivity index (χ1n) is 5.81. The van der Waals surface area contributed by atoms with Gasteiger partial charge in [0.2, 0.25) is 0 Å². The molecular formula is C12H24N2S. The van der Waals surface area contributed by atoms with Crippen molar-refractivity contribution in [2.45, 2.75) is 47.6 Å². The predicted octanol–water partition coefficient (Wildman–Crippen LogP) is 3.73. The van der Waals surface area contributed by atoms with Crippen LogP contribution in [0.4, 0.5) is 0 Å². The topological polar surface area (TPSA) is 6.48 Å². The lowest BCUT2D eigenvalue weighted by molar-refractivity contribution is 0.426. The van der Waals surface area contributed by atoms with Crippen LogP contribution in [-0.4, -0.2) is 21.7 Å². The van der Waals surface area contributed by atoms with Crippen molar-refractivity contribution in [2.75, 3.05) is 7.05 Å². The fourth-order valence-electron chi connectivity index (χ4n) is 2.08. The van der Waals surface area contributed by atoms with Gasteiger partial charge in [0.05, 0.1) is 12.1 Å². The molecule has 0 aromatic carbocycles. The molecule has 3 heteroatoms. The van der Waals surface area contributed by atoms with Crippen LogP contribution < -0.4 is 0 Å². The Kier molecular flexibility index (Phi) is 3.99. The molecular weight excluding hydrogens is 204 g/mol. The van der Waals surface area contributed by atoms with Gasteiger partial charge < -0.3 is 4.31 Å². The lowest BCUT2D eigenvalue weighted by atomic mass is 10.0. The minimum atomic E-state index is 0.561. The Bertz CT molecular complexity index is 256. The summed E-state index contributed by atoms with van der Waals surface area (Å²) < 4.78 is 4.76. The maximum absolute atomic E-state index is 2.44. The number of allylic oxidation sites excluding steroid dienone is 2. The summed E-state index contributed by atoms with van der Waals surface area (Å²) in [4.78, 5) is 0. The molecule has 0 N–H and O–H groups in total. The molecule has 1 rings (SSSR count). The van der Waals surface area contributed by atoms with Crippen LogP contribution in [0.15, 0.2) is 11.4 Å². The molecule has 15 heavy (non-hydrogen) atoms.